The van der Waals surface area contributed by atoms with Gasteiger partial charge in [-0.15, -0.1) is 0 Å². The fourth-order valence-corrected chi connectivity index (χ4v) is 6.68. The highest BCUT2D eigenvalue weighted by molar-refractivity contribution is 7.92. The van der Waals surface area contributed by atoms with Gasteiger partial charge in [-0.3, -0.25) is 13.9 Å². The molecule has 2 amide bonds. The molecule has 0 aliphatic rings. The van der Waals surface area contributed by atoms with Gasteiger partial charge in [-0.2, -0.15) is 0 Å². The molecule has 7 nitrogen and oxygen atoms in total. The van der Waals surface area contributed by atoms with Crippen LogP contribution in [-0.4, -0.2) is 44.3 Å². The van der Waals surface area contributed by atoms with Crippen molar-refractivity contribution in [2.45, 2.75) is 44.2 Å². The molecule has 44 heavy (non-hydrogen) atoms. The van der Waals surface area contributed by atoms with Crippen LogP contribution in [0, 0.1) is 6.92 Å². The average Bonchev–Trinajstić information content (AvgIpc) is 3.02. The second-order valence-corrected chi connectivity index (χ2v) is 13.1. The number of amides is 2. The summed E-state index contributed by atoms with van der Waals surface area (Å²) in [4.78, 5) is 29.6. The minimum atomic E-state index is -4.16. The number of aryl methyl sites for hydroxylation is 1. The lowest BCUT2D eigenvalue weighted by Crippen LogP contribution is -2.53. The predicted molar refractivity (Wildman–Crippen MR) is 176 cm³/mol. The molecule has 0 saturated heterocycles. The number of nitrogens with one attached hydrogen (secondary N) is 1. The summed E-state index contributed by atoms with van der Waals surface area (Å²) in [6.07, 6.45) is 0.917. The zero-order valence-electron chi connectivity index (χ0n) is 24.6. The average molecular weight is 653 g/mol. The third-order valence-corrected chi connectivity index (χ3v) is 9.45. The summed E-state index contributed by atoms with van der Waals surface area (Å²) < 4.78 is 29.2. The summed E-state index contributed by atoms with van der Waals surface area (Å²) in [5.74, 6) is -0.910. The van der Waals surface area contributed by atoms with E-state index in [0.29, 0.717) is 34.3 Å². The van der Waals surface area contributed by atoms with Gasteiger partial charge in [-0.1, -0.05) is 96.9 Å². The molecule has 230 valence electrons. The molecule has 0 aliphatic heterocycles. The molecule has 0 spiro atoms. The van der Waals surface area contributed by atoms with E-state index in [2.05, 4.69) is 5.32 Å². The molecule has 0 radical (unpaired) electrons. The summed E-state index contributed by atoms with van der Waals surface area (Å²) in [6, 6.07) is 28.3. The van der Waals surface area contributed by atoms with Gasteiger partial charge < -0.3 is 10.2 Å². The van der Waals surface area contributed by atoms with Crippen molar-refractivity contribution in [2.24, 2.45) is 0 Å². The first-order valence-electron chi connectivity index (χ1n) is 14.3. The van der Waals surface area contributed by atoms with Gasteiger partial charge >= 0.3 is 0 Å². The fourth-order valence-electron chi connectivity index (χ4n) is 4.78. The van der Waals surface area contributed by atoms with Crippen LogP contribution >= 0.6 is 23.2 Å². The van der Waals surface area contributed by atoms with Gasteiger partial charge in [0.05, 0.1) is 10.6 Å². The summed E-state index contributed by atoms with van der Waals surface area (Å²) in [7, 11) is -4.16. The van der Waals surface area contributed by atoms with Crippen LogP contribution in [0.25, 0.3) is 0 Å². The second kappa shape index (κ2) is 15.2. The Kier molecular flexibility index (Phi) is 11.4. The number of hydrogen-bond acceptors (Lipinski definition) is 4. The fraction of sp³-hybridized carbons (Fsp3) is 0.235. The highest BCUT2D eigenvalue weighted by atomic mass is 35.5. The monoisotopic (exact) mass is 651 g/mol. The van der Waals surface area contributed by atoms with Crippen molar-refractivity contribution in [1.29, 1.82) is 0 Å². The Bertz CT molecular complexity index is 1690. The molecule has 0 bridgehead atoms. The molecule has 4 aromatic carbocycles. The maximum absolute atomic E-state index is 14.5. The van der Waals surface area contributed by atoms with E-state index in [1.165, 1.54) is 17.0 Å². The lowest BCUT2D eigenvalue weighted by molar-refractivity contribution is -0.140. The molecule has 10 heteroatoms. The Morgan fingerprint density at radius 1 is 0.864 bits per heavy atom. The highest BCUT2D eigenvalue weighted by Crippen LogP contribution is 2.27. The van der Waals surface area contributed by atoms with Gasteiger partial charge in [-0.05, 0) is 66.4 Å². The van der Waals surface area contributed by atoms with Gasteiger partial charge in [0, 0.05) is 29.6 Å². The third kappa shape index (κ3) is 8.40. The quantitative estimate of drug-likeness (QED) is 0.175. The molecule has 1 unspecified atom stereocenters. The van der Waals surface area contributed by atoms with Gasteiger partial charge in [0.1, 0.15) is 12.6 Å². The van der Waals surface area contributed by atoms with Gasteiger partial charge in [-0.25, -0.2) is 8.42 Å². The SMILES string of the molecule is CCCNC(=O)C(Cc1ccccc1)N(Cc1ccc(Cl)cc1Cl)C(=O)CN(c1cccc(C)c1)S(=O)(=O)c1ccccc1. The van der Waals surface area contributed by atoms with E-state index in [1.54, 1.807) is 54.6 Å². The van der Waals surface area contributed by atoms with Crippen molar-refractivity contribution < 1.29 is 18.0 Å². The Morgan fingerprint density at radius 2 is 1.55 bits per heavy atom. The van der Waals surface area contributed by atoms with Crippen LogP contribution in [0.3, 0.4) is 0 Å². The zero-order chi connectivity index (χ0) is 31.7. The van der Waals surface area contributed by atoms with E-state index in [9.17, 15) is 18.0 Å². The standard InChI is InChI=1S/C34H35Cl2N3O4S/c1-3-19-37-34(41)32(21-26-12-6-4-7-13-26)38(23-27-17-18-28(35)22-31(27)36)33(40)24-39(29-14-10-11-25(2)20-29)44(42,43)30-15-8-5-9-16-30/h4-18,20,22,32H,3,19,21,23-24H2,1-2H3,(H,37,41). The van der Waals surface area contributed by atoms with Crippen molar-refractivity contribution in [2.75, 3.05) is 17.4 Å². The lowest BCUT2D eigenvalue weighted by Gasteiger charge is -2.34. The Morgan fingerprint density at radius 3 is 2.18 bits per heavy atom. The molecule has 0 aliphatic carbocycles. The molecular formula is C34H35Cl2N3O4S. The van der Waals surface area contributed by atoms with Crippen LogP contribution in [0.15, 0.2) is 108 Å². The van der Waals surface area contributed by atoms with E-state index in [4.69, 9.17) is 23.2 Å². The van der Waals surface area contributed by atoms with E-state index in [1.807, 2.05) is 50.2 Å². The van der Waals surface area contributed by atoms with Gasteiger partial charge in [0.25, 0.3) is 10.0 Å². The first-order valence-corrected chi connectivity index (χ1v) is 16.5. The van der Waals surface area contributed by atoms with Crippen LogP contribution in [-0.2, 0) is 32.6 Å². The second-order valence-electron chi connectivity index (χ2n) is 10.4. The molecule has 0 aromatic heterocycles. The largest absolute Gasteiger partial charge is 0.354 e. The van der Waals surface area contributed by atoms with E-state index >= 15 is 0 Å². The van der Waals surface area contributed by atoms with Gasteiger partial charge in [0.15, 0.2) is 0 Å². The predicted octanol–water partition coefficient (Wildman–Crippen LogP) is 6.66. The van der Waals surface area contributed by atoms with Crippen molar-refractivity contribution in [3.05, 3.63) is 130 Å². The Balaban J connectivity index is 1.81. The number of anilines is 1. The lowest BCUT2D eigenvalue weighted by atomic mass is 10.0. The van der Waals surface area contributed by atoms with Crippen LogP contribution < -0.4 is 9.62 Å². The van der Waals surface area contributed by atoms with E-state index < -0.39 is 28.5 Å². The molecule has 0 heterocycles. The molecule has 4 aromatic rings. The minimum Gasteiger partial charge on any atom is -0.354 e. The molecular weight excluding hydrogens is 617 g/mol. The highest BCUT2D eigenvalue weighted by Gasteiger charge is 2.34. The van der Waals surface area contributed by atoms with Crippen LogP contribution in [0.5, 0.6) is 0 Å². The van der Waals surface area contributed by atoms with E-state index in [0.717, 1.165) is 15.4 Å². The first kappa shape index (κ1) is 33.1. The summed E-state index contributed by atoms with van der Waals surface area (Å²) >= 11 is 12.7. The number of benzene rings is 4. The topological polar surface area (TPSA) is 86.8 Å². The van der Waals surface area contributed by atoms with Crippen LogP contribution in [0.4, 0.5) is 5.69 Å². The maximum Gasteiger partial charge on any atom is 0.264 e. The zero-order valence-corrected chi connectivity index (χ0v) is 26.9. The minimum absolute atomic E-state index is 0.0427. The molecule has 0 fully saturated rings. The van der Waals surface area contributed by atoms with Crippen molar-refractivity contribution in [3.8, 4) is 0 Å². The first-order chi connectivity index (χ1) is 21.1. The molecule has 1 atom stereocenters. The summed E-state index contributed by atoms with van der Waals surface area (Å²) in [5, 5.41) is 3.68. The number of halogens is 2. The number of rotatable bonds is 13. The Labute approximate surface area is 269 Å². The molecule has 0 saturated carbocycles. The number of carbonyl (C=O) groups excluding carboxylic acids is 2. The number of nitrogens with zero attached hydrogens (tertiary/aromatic N) is 2. The normalized spacial score (nSPS) is 11.9. The number of carbonyl (C=O) groups is 2. The van der Waals surface area contributed by atoms with Crippen molar-refractivity contribution >= 4 is 50.7 Å². The molecule has 1 N–H and O–H groups in total. The van der Waals surface area contributed by atoms with Crippen LogP contribution in [0.2, 0.25) is 10.0 Å². The van der Waals surface area contributed by atoms with E-state index in [-0.39, 0.29) is 23.8 Å². The third-order valence-electron chi connectivity index (χ3n) is 7.08. The number of hydrogen-bond donors (Lipinski definition) is 1. The maximum atomic E-state index is 14.5. The smallest absolute Gasteiger partial charge is 0.264 e. The Hall–Kier alpha value is -3.85. The summed E-state index contributed by atoms with van der Waals surface area (Å²) in [5.41, 5.74) is 2.58. The van der Waals surface area contributed by atoms with Crippen LogP contribution in [0.1, 0.15) is 30.0 Å². The van der Waals surface area contributed by atoms with Gasteiger partial charge in [0.2, 0.25) is 11.8 Å². The van der Waals surface area contributed by atoms with Crippen molar-refractivity contribution in [3.63, 3.8) is 0 Å². The summed E-state index contributed by atoms with van der Waals surface area (Å²) in [6.45, 7) is 3.63. The number of sulfonamides is 1. The molecule has 4 rings (SSSR count). The van der Waals surface area contributed by atoms with Crippen molar-refractivity contribution in [1.82, 2.24) is 10.2 Å².